The molecule has 1 N–H and O–H groups in total. The van der Waals surface area contributed by atoms with E-state index in [1.165, 1.54) is 5.56 Å². The van der Waals surface area contributed by atoms with Gasteiger partial charge in [0.15, 0.2) is 0 Å². The summed E-state index contributed by atoms with van der Waals surface area (Å²) >= 11 is 0. The van der Waals surface area contributed by atoms with Crippen LogP contribution < -0.4 is 4.90 Å². The van der Waals surface area contributed by atoms with Crippen molar-refractivity contribution in [2.45, 2.75) is 25.3 Å². The number of carbonyl (C=O) groups excluding carboxylic acids is 1. The molecule has 3 nitrogen and oxygen atoms in total. The van der Waals surface area contributed by atoms with E-state index < -0.39 is 0 Å². The number of aryl methyl sites for hydroxylation is 1. The van der Waals surface area contributed by atoms with Crippen LogP contribution in [-0.4, -0.2) is 11.0 Å². The quantitative estimate of drug-likeness (QED) is 0.622. The van der Waals surface area contributed by atoms with Crippen LogP contribution in [-0.2, 0) is 11.2 Å². The van der Waals surface area contributed by atoms with Gasteiger partial charge in [0.1, 0.15) is 5.75 Å². The Morgan fingerprint density at radius 3 is 2.11 bits per heavy atom. The fourth-order valence-corrected chi connectivity index (χ4v) is 3.93. The van der Waals surface area contributed by atoms with E-state index in [0.717, 1.165) is 30.5 Å². The number of hydrogen-bond acceptors (Lipinski definition) is 2. The number of anilines is 1. The lowest BCUT2D eigenvalue weighted by molar-refractivity contribution is -0.130. The highest BCUT2D eigenvalue weighted by molar-refractivity contribution is 6.03. The van der Waals surface area contributed by atoms with Crippen molar-refractivity contribution in [2.24, 2.45) is 5.92 Å². The Morgan fingerprint density at radius 1 is 0.815 bits per heavy atom. The number of rotatable bonds is 6. The number of β-lactam (4-membered cyclic amide) rings is 1. The van der Waals surface area contributed by atoms with Gasteiger partial charge in [0.25, 0.3) is 0 Å². The first-order valence-corrected chi connectivity index (χ1v) is 9.45. The molecule has 1 aliphatic rings. The molecule has 1 fully saturated rings. The average Bonchev–Trinajstić information content (AvgIpc) is 2.71. The van der Waals surface area contributed by atoms with Gasteiger partial charge >= 0.3 is 0 Å². The molecule has 1 saturated heterocycles. The van der Waals surface area contributed by atoms with Crippen molar-refractivity contribution in [3.8, 4) is 5.75 Å². The zero-order valence-corrected chi connectivity index (χ0v) is 15.2. The lowest BCUT2D eigenvalue weighted by Gasteiger charge is -2.47. The lowest BCUT2D eigenvalue weighted by atomic mass is 9.78. The van der Waals surface area contributed by atoms with Crippen LogP contribution in [0.15, 0.2) is 84.9 Å². The van der Waals surface area contributed by atoms with Crippen molar-refractivity contribution in [3.05, 3.63) is 96.1 Å². The minimum absolute atomic E-state index is 0.0153. The highest BCUT2D eigenvalue weighted by Gasteiger charge is 2.48. The van der Waals surface area contributed by atoms with Crippen LogP contribution in [0.3, 0.4) is 0 Å². The molecule has 0 bridgehead atoms. The second-order valence-electron chi connectivity index (χ2n) is 7.06. The summed E-state index contributed by atoms with van der Waals surface area (Å²) in [5, 5.41) is 9.62. The van der Waals surface area contributed by atoms with Gasteiger partial charge in [-0.1, -0.05) is 60.7 Å². The Labute approximate surface area is 159 Å². The molecule has 0 aromatic heterocycles. The third kappa shape index (κ3) is 3.59. The Morgan fingerprint density at radius 2 is 1.44 bits per heavy atom. The van der Waals surface area contributed by atoms with Gasteiger partial charge in [-0.2, -0.15) is 0 Å². The van der Waals surface area contributed by atoms with Crippen molar-refractivity contribution < 1.29 is 9.90 Å². The Kier molecular flexibility index (Phi) is 4.93. The van der Waals surface area contributed by atoms with Gasteiger partial charge in [-0.15, -0.1) is 0 Å². The van der Waals surface area contributed by atoms with Crippen molar-refractivity contribution in [2.75, 3.05) is 4.90 Å². The first kappa shape index (κ1) is 17.3. The van der Waals surface area contributed by atoms with Crippen molar-refractivity contribution >= 4 is 11.6 Å². The zero-order valence-electron chi connectivity index (χ0n) is 15.2. The van der Waals surface area contributed by atoms with Gasteiger partial charge in [-0.25, -0.2) is 0 Å². The smallest absolute Gasteiger partial charge is 0.233 e. The number of phenols is 1. The van der Waals surface area contributed by atoms with Crippen molar-refractivity contribution in [1.29, 1.82) is 0 Å². The molecule has 136 valence electrons. The standard InChI is InChI=1S/C24H23NO2/c26-21-16-14-19(15-17-21)23-22(13-7-10-18-8-3-1-4-9-18)24(27)25(23)20-11-5-2-6-12-20/h1-6,8-9,11-12,14-17,22-23,26H,7,10,13H2/t22-,23-/m1/s1. The summed E-state index contributed by atoms with van der Waals surface area (Å²) in [5.74, 6) is 0.419. The lowest BCUT2D eigenvalue weighted by Crippen LogP contribution is -2.55. The normalized spacial score (nSPS) is 19.0. The molecule has 0 unspecified atom stereocenters. The number of para-hydroxylation sites is 1. The molecular weight excluding hydrogens is 334 g/mol. The molecule has 1 amide bonds. The Hall–Kier alpha value is -3.07. The molecule has 0 radical (unpaired) electrons. The molecule has 1 heterocycles. The van der Waals surface area contributed by atoms with Crippen LogP contribution >= 0.6 is 0 Å². The second kappa shape index (κ2) is 7.67. The number of hydrogen-bond donors (Lipinski definition) is 1. The number of nitrogens with zero attached hydrogens (tertiary/aromatic N) is 1. The van der Waals surface area contributed by atoms with Gasteiger partial charge in [0, 0.05) is 5.69 Å². The maximum absolute atomic E-state index is 12.9. The summed E-state index contributed by atoms with van der Waals surface area (Å²) in [6.45, 7) is 0. The fourth-order valence-electron chi connectivity index (χ4n) is 3.93. The minimum atomic E-state index is -0.0153. The molecule has 0 spiro atoms. The predicted octanol–water partition coefficient (Wildman–Crippen LogP) is 5.12. The predicted molar refractivity (Wildman–Crippen MR) is 108 cm³/mol. The number of benzene rings is 3. The third-order valence-electron chi connectivity index (χ3n) is 5.31. The Balaban J connectivity index is 1.53. The SMILES string of the molecule is O=C1[C@H](CCCc2ccccc2)[C@@H](c2ccc(O)cc2)N1c1ccccc1. The fraction of sp³-hybridized carbons (Fsp3) is 0.208. The molecule has 3 aromatic rings. The summed E-state index contributed by atoms with van der Waals surface area (Å²) in [4.78, 5) is 14.8. The topological polar surface area (TPSA) is 40.5 Å². The first-order valence-electron chi connectivity index (χ1n) is 9.45. The van der Waals surface area contributed by atoms with E-state index in [0.29, 0.717) is 0 Å². The van der Waals surface area contributed by atoms with Crippen molar-refractivity contribution in [3.63, 3.8) is 0 Å². The third-order valence-corrected chi connectivity index (χ3v) is 5.31. The van der Waals surface area contributed by atoms with Crippen LogP contribution in [0.25, 0.3) is 0 Å². The number of carbonyl (C=O) groups is 1. The monoisotopic (exact) mass is 357 g/mol. The second-order valence-corrected chi connectivity index (χ2v) is 7.06. The van der Waals surface area contributed by atoms with Gasteiger partial charge < -0.3 is 10.0 Å². The molecule has 4 rings (SSSR count). The number of aromatic hydroxyl groups is 1. The van der Waals surface area contributed by atoms with Crippen LogP contribution in [0, 0.1) is 5.92 Å². The van der Waals surface area contributed by atoms with Crippen LogP contribution in [0.5, 0.6) is 5.75 Å². The highest BCUT2D eigenvalue weighted by Crippen LogP contribution is 2.45. The molecular formula is C24H23NO2. The van der Waals surface area contributed by atoms with Gasteiger partial charge in [0.05, 0.1) is 12.0 Å². The summed E-state index contributed by atoms with van der Waals surface area (Å²) in [5.41, 5.74) is 3.31. The molecule has 1 aliphatic heterocycles. The number of phenolic OH excluding ortho intramolecular Hbond substituents is 1. The van der Waals surface area contributed by atoms with Gasteiger partial charge in [-0.3, -0.25) is 4.79 Å². The molecule has 3 aromatic carbocycles. The summed E-state index contributed by atoms with van der Waals surface area (Å²) in [6, 6.07) is 27.5. The van der Waals surface area contributed by atoms with E-state index in [1.54, 1.807) is 12.1 Å². The van der Waals surface area contributed by atoms with Crippen LogP contribution in [0.4, 0.5) is 5.69 Å². The maximum atomic E-state index is 12.9. The largest absolute Gasteiger partial charge is 0.508 e. The summed E-state index contributed by atoms with van der Waals surface area (Å²) < 4.78 is 0. The molecule has 3 heteroatoms. The van der Waals surface area contributed by atoms with E-state index in [2.05, 4.69) is 24.3 Å². The van der Waals surface area contributed by atoms with Gasteiger partial charge in [-0.05, 0) is 54.7 Å². The van der Waals surface area contributed by atoms with E-state index >= 15 is 0 Å². The average molecular weight is 357 g/mol. The number of amides is 1. The maximum Gasteiger partial charge on any atom is 0.233 e. The molecule has 0 saturated carbocycles. The van der Waals surface area contributed by atoms with E-state index in [4.69, 9.17) is 0 Å². The van der Waals surface area contributed by atoms with Gasteiger partial charge in [0.2, 0.25) is 5.91 Å². The van der Waals surface area contributed by atoms with E-state index in [-0.39, 0.29) is 23.6 Å². The first-order chi connectivity index (χ1) is 13.2. The minimum Gasteiger partial charge on any atom is -0.508 e. The highest BCUT2D eigenvalue weighted by atomic mass is 16.3. The zero-order chi connectivity index (χ0) is 18.6. The van der Waals surface area contributed by atoms with E-state index in [1.807, 2.05) is 53.4 Å². The molecule has 0 aliphatic carbocycles. The van der Waals surface area contributed by atoms with Crippen LogP contribution in [0.2, 0.25) is 0 Å². The summed E-state index contributed by atoms with van der Waals surface area (Å²) in [6.07, 6.45) is 2.83. The summed E-state index contributed by atoms with van der Waals surface area (Å²) in [7, 11) is 0. The van der Waals surface area contributed by atoms with Crippen LogP contribution in [0.1, 0.15) is 30.0 Å². The van der Waals surface area contributed by atoms with Crippen molar-refractivity contribution in [1.82, 2.24) is 0 Å². The van der Waals surface area contributed by atoms with E-state index in [9.17, 15) is 9.90 Å². The molecule has 27 heavy (non-hydrogen) atoms. The Bertz CT molecular complexity index is 891. The molecule has 2 atom stereocenters.